The molecule has 11 heavy (non-hydrogen) atoms. The molecule has 0 atom stereocenters. The Morgan fingerprint density at radius 1 is 0.818 bits per heavy atom. The quantitative estimate of drug-likeness (QED) is 0.525. The topological polar surface area (TPSA) is 27.7 Å². The first-order chi connectivity index (χ1) is 5.41. The first-order valence-corrected chi connectivity index (χ1v) is 4.27. The third-order valence-electron chi connectivity index (χ3n) is 2.27. The van der Waals surface area contributed by atoms with Crippen molar-refractivity contribution in [2.45, 2.75) is 25.0 Å². The van der Waals surface area contributed by atoms with E-state index in [1.54, 1.807) is 0 Å². The molecule has 2 aliphatic heterocycles. The molecule has 0 N–H and O–H groups in total. The van der Waals surface area contributed by atoms with Gasteiger partial charge < -0.3 is 14.2 Å². The molecule has 0 bridgehead atoms. The molecule has 0 saturated carbocycles. The molecule has 0 aliphatic carbocycles. The summed E-state index contributed by atoms with van der Waals surface area (Å²) < 4.78 is 16.4. The van der Waals surface area contributed by atoms with Crippen molar-refractivity contribution in [3.63, 3.8) is 0 Å². The SMILES string of the molecule is C1COC2(CCOCC2)OC1. The molecular formula is C8H14O3. The monoisotopic (exact) mass is 158 g/mol. The molecule has 0 aromatic heterocycles. The van der Waals surface area contributed by atoms with E-state index in [1.165, 1.54) is 0 Å². The lowest BCUT2D eigenvalue weighted by Gasteiger charge is -2.39. The molecule has 0 unspecified atom stereocenters. The zero-order valence-corrected chi connectivity index (χ0v) is 6.67. The highest BCUT2D eigenvalue weighted by Crippen LogP contribution is 2.29. The van der Waals surface area contributed by atoms with Crippen molar-refractivity contribution in [1.29, 1.82) is 0 Å². The molecule has 0 amide bonds. The molecule has 0 aromatic rings. The Hall–Kier alpha value is -0.120. The van der Waals surface area contributed by atoms with E-state index in [0.717, 1.165) is 45.7 Å². The third-order valence-corrected chi connectivity index (χ3v) is 2.27. The van der Waals surface area contributed by atoms with Gasteiger partial charge in [0.2, 0.25) is 0 Å². The lowest BCUT2D eigenvalue weighted by Crippen LogP contribution is -2.45. The predicted octanol–water partition coefficient (Wildman–Crippen LogP) is 0.930. The van der Waals surface area contributed by atoms with Crippen molar-refractivity contribution in [2.24, 2.45) is 0 Å². The molecule has 0 radical (unpaired) electrons. The summed E-state index contributed by atoms with van der Waals surface area (Å²) in [7, 11) is 0. The summed E-state index contributed by atoms with van der Waals surface area (Å²) in [6, 6.07) is 0. The Kier molecular flexibility index (Phi) is 2.11. The fraction of sp³-hybridized carbons (Fsp3) is 1.00. The second kappa shape index (κ2) is 3.09. The minimum Gasteiger partial charge on any atom is -0.381 e. The van der Waals surface area contributed by atoms with Gasteiger partial charge in [0.05, 0.1) is 26.4 Å². The van der Waals surface area contributed by atoms with Gasteiger partial charge in [0, 0.05) is 12.8 Å². The molecule has 1 spiro atoms. The fourth-order valence-electron chi connectivity index (χ4n) is 1.59. The van der Waals surface area contributed by atoms with Gasteiger partial charge in [-0.05, 0) is 6.42 Å². The van der Waals surface area contributed by atoms with E-state index in [0.29, 0.717) is 0 Å². The standard InChI is InChI=1S/C8H14O3/c1-4-10-8(11-5-1)2-6-9-7-3-8/h1-7H2. The van der Waals surface area contributed by atoms with Crippen LogP contribution < -0.4 is 0 Å². The molecule has 2 rings (SSSR count). The largest absolute Gasteiger partial charge is 0.381 e. The van der Waals surface area contributed by atoms with Crippen molar-refractivity contribution in [3.05, 3.63) is 0 Å². The van der Waals surface area contributed by atoms with Crippen molar-refractivity contribution in [2.75, 3.05) is 26.4 Å². The minimum atomic E-state index is -0.267. The van der Waals surface area contributed by atoms with Crippen LogP contribution in [0.3, 0.4) is 0 Å². The van der Waals surface area contributed by atoms with Crippen LogP contribution in [0.4, 0.5) is 0 Å². The van der Waals surface area contributed by atoms with Crippen molar-refractivity contribution in [3.8, 4) is 0 Å². The molecule has 2 saturated heterocycles. The Balaban J connectivity index is 1.94. The van der Waals surface area contributed by atoms with Gasteiger partial charge in [0.15, 0.2) is 5.79 Å². The van der Waals surface area contributed by atoms with Gasteiger partial charge in [-0.3, -0.25) is 0 Å². The van der Waals surface area contributed by atoms with Crippen LogP contribution in [-0.4, -0.2) is 32.2 Å². The molecule has 2 fully saturated rings. The van der Waals surface area contributed by atoms with Gasteiger partial charge >= 0.3 is 0 Å². The van der Waals surface area contributed by atoms with Crippen molar-refractivity contribution in [1.82, 2.24) is 0 Å². The summed E-state index contributed by atoms with van der Waals surface area (Å²) in [5.41, 5.74) is 0. The van der Waals surface area contributed by atoms with E-state index in [1.807, 2.05) is 0 Å². The molecule has 2 heterocycles. The fourth-order valence-corrected chi connectivity index (χ4v) is 1.59. The smallest absolute Gasteiger partial charge is 0.172 e. The molecule has 3 heteroatoms. The average molecular weight is 158 g/mol. The Labute approximate surface area is 66.6 Å². The number of hydrogen-bond acceptors (Lipinski definition) is 3. The van der Waals surface area contributed by atoms with Crippen molar-refractivity contribution >= 4 is 0 Å². The number of hydrogen-bond donors (Lipinski definition) is 0. The van der Waals surface area contributed by atoms with Crippen LogP contribution in [0.1, 0.15) is 19.3 Å². The van der Waals surface area contributed by atoms with Gasteiger partial charge in [-0.25, -0.2) is 0 Å². The van der Waals surface area contributed by atoms with E-state index in [2.05, 4.69) is 0 Å². The second-order valence-corrected chi connectivity index (χ2v) is 3.07. The first kappa shape index (κ1) is 7.53. The van der Waals surface area contributed by atoms with Gasteiger partial charge in [-0.2, -0.15) is 0 Å². The summed E-state index contributed by atoms with van der Waals surface area (Å²) in [5, 5.41) is 0. The van der Waals surface area contributed by atoms with Crippen LogP contribution in [0, 0.1) is 0 Å². The Bertz CT molecular complexity index is 104. The van der Waals surface area contributed by atoms with E-state index in [9.17, 15) is 0 Å². The molecule has 0 aromatic carbocycles. The number of ether oxygens (including phenoxy) is 3. The van der Waals surface area contributed by atoms with Crippen LogP contribution in [0.2, 0.25) is 0 Å². The maximum Gasteiger partial charge on any atom is 0.172 e. The maximum absolute atomic E-state index is 5.60. The zero-order chi connectivity index (χ0) is 7.57. The van der Waals surface area contributed by atoms with Crippen LogP contribution in [0.15, 0.2) is 0 Å². The highest BCUT2D eigenvalue weighted by atomic mass is 16.7. The highest BCUT2D eigenvalue weighted by molar-refractivity contribution is 4.75. The van der Waals surface area contributed by atoms with E-state index in [-0.39, 0.29) is 5.79 Å². The second-order valence-electron chi connectivity index (χ2n) is 3.07. The summed E-state index contributed by atoms with van der Waals surface area (Å²) >= 11 is 0. The molecule has 64 valence electrons. The number of rotatable bonds is 0. The molecule has 2 aliphatic rings. The van der Waals surface area contributed by atoms with E-state index in [4.69, 9.17) is 14.2 Å². The Morgan fingerprint density at radius 3 is 2.09 bits per heavy atom. The van der Waals surface area contributed by atoms with Crippen LogP contribution in [0.5, 0.6) is 0 Å². The van der Waals surface area contributed by atoms with Crippen LogP contribution in [0.25, 0.3) is 0 Å². The van der Waals surface area contributed by atoms with E-state index >= 15 is 0 Å². The van der Waals surface area contributed by atoms with Crippen molar-refractivity contribution < 1.29 is 14.2 Å². The lowest BCUT2D eigenvalue weighted by atomic mass is 10.1. The van der Waals surface area contributed by atoms with Gasteiger partial charge in [0.25, 0.3) is 0 Å². The third kappa shape index (κ3) is 1.55. The minimum absolute atomic E-state index is 0.267. The van der Waals surface area contributed by atoms with Gasteiger partial charge in [-0.1, -0.05) is 0 Å². The van der Waals surface area contributed by atoms with Crippen LogP contribution in [-0.2, 0) is 14.2 Å². The van der Waals surface area contributed by atoms with E-state index < -0.39 is 0 Å². The van der Waals surface area contributed by atoms with Gasteiger partial charge in [0.1, 0.15) is 0 Å². The summed E-state index contributed by atoms with van der Waals surface area (Å²) in [6.07, 6.45) is 2.82. The molecule has 3 nitrogen and oxygen atoms in total. The van der Waals surface area contributed by atoms with Gasteiger partial charge in [-0.15, -0.1) is 0 Å². The van der Waals surface area contributed by atoms with Crippen LogP contribution >= 0.6 is 0 Å². The predicted molar refractivity (Wildman–Crippen MR) is 39.3 cm³/mol. The Morgan fingerprint density at radius 2 is 1.45 bits per heavy atom. The summed E-state index contributed by atoms with van der Waals surface area (Å²) in [6.45, 7) is 3.25. The highest BCUT2D eigenvalue weighted by Gasteiger charge is 2.36. The summed E-state index contributed by atoms with van der Waals surface area (Å²) in [4.78, 5) is 0. The zero-order valence-electron chi connectivity index (χ0n) is 6.67. The normalized spacial score (nSPS) is 30.5. The summed E-state index contributed by atoms with van der Waals surface area (Å²) in [5.74, 6) is -0.267. The lowest BCUT2D eigenvalue weighted by molar-refractivity contribution is -0.293. The maximum atomic E-state index is 5.60. The average Bonchev–Trinajstić information content (AvgIpc) is 2.07. The first-order valence-electron chi connectivity index (χ1n) is 4.27. The molecular weight excluding hydrogens is 144 g/mol.